The van der Waals surface area contributed by atoms with Crippen LogP contribution < -0.4 is 15.0 Å². The van der Waals surface area contributed by atoms with Crippen molar-refractivity contribution in [3.05, 3.63) is 50.4 Å². The van der Waals surface area contributed by atoms with Crippen molar-refractivity contribution in [2.45, 2.75) is 52.4 Å². The number of aliphatic hydroxyl groups is 1. The van der Waals surface area contributed by atoms with Crippen LogP contribution in [0.1, 0.15) is 35.2 Å². The monoisotopic (exact) mass is 442 g/mol. The fraction of sp³-hybridized carbons (Fsp3) is 0.478. The van der Waals surface area contributed by atoms with Gasteiger partial charge >= 0.3 is 0 Å². The Kier molecular flexibility index (Phi) is 5.45. The summed E-state index contributed by atoms with van der Waals surface area (Å²) in [6, 6.07) is 5.64. The van der Waals surface area contributed by atoms with E-state index in [9.17, 15) is 9.90 Å². The molecule has 0 fully saturated rings. The number of nitrogens with zero attached hydrogens (tertiary/aromatic N) is 2. The van der Waals surface area contributed by atoms with Crippen LogP contribution in [0.2, 0.25) is 0 Å². The van der Waals surface area contributed by atoms with Gasteiger partial charge in [-0.15, -0.1) is 11.3 Å². The third kappa shape index (κ3) is 3.95. The van der Waals surface area contributed by atoms with Crippen LogP contribution in [0, 0.1) is 12.8 Å². The molecule has 1 aromatic carbocycles. The van der Waals surface area contributed by atoms with Crippen LogP contribution in [0.4, 0.5) is 0 Å². The maximum Gasteiger partial charge on any atom is 0.262 e. The minimum absolute atomic E-state index is 0.0515. The molecule has 0 bridgehead atoms. The number of fused-ring (bicyclic) bond motifs is 4. The van der Waals surface area contributed by atoms with Gasteiger partial charge in [-0.1, -0.05) is 13.0 Å². The molecule has 3 heterocycles. The summed E-state index contributed by atoms with van der Waals surface area (Å²) in [4.78, 5) is 20.1. The number of hydrogen-bond donors (Lipinski definition) is 1. The first-order chi connectivity index (χ1) is 15.0. The maximum absolute atomic E-state index is 13.3. The first kappa shape index (κ1) is 20.5. The first-order valence-electron chi connectivity index (χ1n) is 10.7. The van der Waals surface area contributed by atoms with Gasteiger partial charge in [-0.3, -0.25) is 9.36 Å². The average molecular weight is 443 g/mol. The Labute approximate surface area is 184 Å². The van der Waals surface area contributed by atoms with Crippen LogP contribution in [0.15, 0.2) is 23.0 Å². The van der Waals surface area contributed by atoms with E-state index in [1.165, 1.54) is 4.88 Å². The highest BCUT2D eigenvalue weighted by Gasteiger charge is 2.24. The molecular formula is C23H26N2O5S. The molecule has 164 valence electrons. The summed E-state index contributed by atoms with van der Waals surface area (Å²) in [5.41, 5.74) is 2.05. The molecule has 7 nitrogen and oxygen atoms in total. The van der Waals surface area contributed by atoms with E-state index in [0.29, 0.717) is 24.1 Å². The molecule has 2 aliphatic rings. The van der Waals surface area contributed by atoms with Crippen LogP contribution in [0.5, 0.6) is 11.5 Å². The largest absolute Gasteiger partial charge is 0.454 e. The highest BCUT2D eigenvalue weighted by atomic mass is 32.1. The molecule has 0 radical (unpaired) electrons. The Balaban J connectivity index is 1.28. The van der Waals surface area contributed by atoms with Crippen LogP contribution >= 0.6 is 11.3 Å². The van der Waals surface area contributed by atoms with E-state index in [2.05, 4.69) is 11.9 Å². The van der Waals surface area contributed by atoms with Gasteiger partial charge < -0.3 is 19.3 Å². The molecule has 0 spiro atoms. The minimum Gasteiger partial charge on any atom is -0.454 e. The van der Waals surface area contributed by atoms with Crippen molar-refractivity contribution in [1.29, 1.82) is 0 Å². The van der Waals surface area contributed by atoms with Crippen molar-refractivity contribution in [3.63, 3.8) is 0 Å². The van der Waals surface area contributed by atoms with Crippen molar-refractivity contribution < 1.29 is 19.3 Å². The lowest BCUT2D eigenvalue weighted by Gasteiger charge is -2.18. The lowest BCUT2D eigenvalue weighted by molar-refractivity contribution is 0.0195. The first-order valence-corrected chi connectivity index (χ1v) is 11.5. The van der Waals surface area contributed by atoms with E-state index >= 15 is 0 Å². The smallest absolute Gasteiger partial charge is 0.262 e. The Morgan fingerprint density at radius 1 is 1.35 bits per heavy atom. The van der Waals surface area contributed by atoms with E-state index in [1.54, 1.807) is 15.9 Å². The van der Waals surface area contributed by atoms with Gasteiger partial charge in [0.25, 0.3) is 5.56 Å². The van der Waals surface area contributed by atoms with Gasteiger partial charge in [0.15, 0.2) is 11.5 Å². The molecule has 31 heavy (non-hydrogen) atoms. The maximum atomic E-state index is 13.3. The van der Waals surface area contributed by atoms with E-state index in [1.807, 2.05) is 25.1 Å². The lowest BCUT2D eigenvalue weighted by atomic mass is 9.89. The van der Waals surface area contributed by atoms with Crippen molar-refractivity contribution in [2.75, 3.05) is 13.4 Å². The molecule has 0 amide bonds. The Morgan fingerprint density at radius 3 is 3.06 bits per heavy atom. The highest BCUT2D eigenvalue weighted by Crippen LogP contribution is 2.36. The molecule has 1 aliphatic carbocycles. The summed E-state index contributed by atoms with van der Waals surface area (Å²) in [6.45, 7) is 4.94. The SMILES string of the molecule is Cc1nc2sc3c(c2c(=O)n1C[C@@H](O)COCc1ccc2c(c1)OCO2)CC[C@H](C)C3. The van der Waals surface area contributed by atoms with Crippen molar-refractivity contribution in [3.8, 4) is 11.5 Å². The van der Waals surface area contributed by atoms with E-state index in [0.717, 1.165) is 46.4 Å². The second kappa shape index (κ2) is 8.26. The molecule has 0 saturated carbocycles. The summed E-state index contributed by atoms with van der Waals surface area (Å²) in [5.74, 6) is 2.70. The number of thiophene rings is 1. The third-order valence-electron chi connectivity index (χ3n) is 6.02. The minimum atomic E-state index is -0.806. The second-order valence-corrected chi connectivity index (χ2v) is 9.55. The summed E-state index contributed by atoms with van der Waals surface area (Å²) < 4.78 is 18.0. The normalized spacial score (nSPS) is 18.4. The molecule has 2 atom stereocenters. The molecule has 3 aromatic rings. The molecular weight excluding hydrogens is 416 g/mol. The predicted molar refractivity (Wildman–Crippen MR) is 118 cm³/mol. The standard InChI is InChI=1S/C23H26N2O5S/c1-13-3-5-17-20(7-13)31-22-21(17)23(27)25(14(2)24-22)9-16(26)11-28-10-15-4-6-18-19(8-15)30-12-29-18/h4,6,8,13,16,26H,3,5,7,9-12H2,1-2H3/t13-,16+/m0/s1. The van der Waals surface area contributed by atoms with Gasteiger partial charge in [-0.25, -0.2) is 4.98 Å². The summed E-state index contributed by atoms with van der Waals surface area (Å²) in [7, 11) is 0. The van der Waals surface area contributed by atoms with E-state index in [4.69, 9.17) is 14.2 Å². The van der Waals surface area contributed by atoms with Crippen LogP contribution in [-0.4, -0.2) is 34.2 Å². The Bertz CT molecular complexity index is 1180. The third-order valence-corrected chi connectivity index (χ3v) is 7.16. The number of aryl methyl sites for hydroxylation is 2. The Hall–Kier alpha value is -2.42. The van der Waals surface area contributed by atoms with Crippen molar-refractivity contribution in [2.24, 2.45) is 5.92 Å². The number of rotatable bonds is 6. The lowest BCUT2D eigenvalue weighted by Crippen LogP contribution is -2.31. The van der Waals surface area contributed by atoms with Crippen molar-refractivity contribution in [1.82, 2.24) is 9.55 Å². The number of hydrogen-bond acceptors (Lipinski definition) is 7. The average Bonchev–Trinajstić information content (AvgIpc) is 3.34. The molecule has 0 unspecified atom stereocenters. The summed E-state index contributed by atoms with van der Waals surface area (Å²) in [5, 5.41) is 11.3. The zero-order valence-electron chi connectivity index (χ0n) is 17.7. The number of aromatic nitrogens is 2. The van der Waals surface area contributed by atoms with Gasteiger partial charge in [-0.2, -0.15) is 0 Å². The second-order valence-electron chi connectivity index (χ2n) is 8.46. The molecule has 0 saturated heterocycles. The number of ether oxygens (including phenoxy) is 3. The van der Waals surface area contributed by atoms with Gasteiger partial charge in [0, 0.05) is 4.88 Å². The number of aliphatic hydroxyl groups excluding tert-OH is 1. The summed E-state index contributed by atoms with van der Waals surface area (Å²) >= 11 is 1.65. The van der Waals surface area contributed by atoms with Gasteiger partial charge in [0.1, 0.15) is 10.7 Å². The van der Waals surface area contributed by atoms with Gasteiger partial charge in [0.2, 0.25) is 6.79 Å². The fourth-order valence-electron chi connectivity index (χ4n) is 4.35. The molecule has 8 heteroatoms. The van der Waals surface area contributed by atoms with Crippen LogP contribution in [0.25, 0.3) is 10.2 Å². The van der Waals surface area contributed by atoms with Gasteiger partial charge in [-0.05, 0) is 55.4 Å². The topological polar surface area (TPSA) is 82.8 Å². The zero-order chi connectivity index (χ0) is 21.5. The summed E-state index contributed by atoms with van der Waals surface area (Å²) in [6.07, 6.45) is 2.24. The predicted octanol–water partition coefficient (Wildman–Crippen LogP) is 3.20. The van der Waals surface area contributed by atoms with Crippen LogP contribution in [-0.2, 0) is 30.7 Å². The number of benzene rings is 1. The van der Waals surface area contributed by atoms with E-state index in [-0.39, 0.29) is 25.5 Å². The zero-order valence-corrected chi connectivity index (χ0v) is 18.5. The Morgan fingerprint density at radius 2 is 2.19 bits per heavy atom. The molecule has 5 rings (SSSR count). The van der Waals surface area contributed by atoms with E-state index < -0.39 is 6.10 Å². The van der Waals surface area contributed by atoms with Crippen LogP contribution in [0.3, 0.4) is 0 Å². The molecule has 1 aliphatic heterocycles. The van der Waals surface area contributed by atoms with Crippen molar-refractivity contribution >= 4 is 21.6 Å². The quantitative estimate of drug-likeness (QED) is 0.631. The highest BCUT2D eigenvalue weighted by molar-refractivity contribution is 7.18. The van der Waals surface area contributed by atoms with Gasteiger partial charge in [0.05, 0.1) is 31.2 Å². The molecule has 1 N–H and O–H groups in total. The fourth-order valence-corrected chi connectivity index (χ4v) is 5.77. The molecule has 2 aromatic heterocycles.